The quantitative estimate of drug-likeness (QED) is 0.449. The van der Waals surface area contributed by atoms with Gasteiger partial charge in [0.1, 0.15) is 6.04 Å². The van der Waals surface area contributed by atoms with Gasteiger partial charge in [-0.25, -0.2) is 0 Å². The summed E-state index contributed by atoms with van der Waals surface area (Å²) in [5.74, 6) is -0.515. The third kappa shape index (κ3) is 6.26. The van der Waals surface area contributed by atoms with Crippen LogP contribution in [0.2, 0.25) is 15.1 Å². The van der Waals surface area contributed by atoms with Gasteiger partial charge in [0.25, 0.3) is 0 Å². The van der Waals surface area contributed by atoms with E-state index in [1.165, 1.54) is 0 Å². The largest absolute Gasteiger partial charge is 0.357 e. The van der Waals surface area contributed by atoms with E-state index in [1.807, 2.05) is 42.5 Å². The molecule has 3 aromatic rings. The molecule has 166 valence electrons. The fraction of sp³-hybridized carbons (Fsp3) is 0.200. The number of carbonyl (C=O) groups excluding carboxylic acids is 2. The van der Waals surface area contributed by atoms with Gasteiger partial charge in [-0.05, 0) is 41.0 Å². The molecule has 7 heteroatoms. The van der Waals surface area contributed by atoms with Crippen LogP contribution in [0.25, 0.3) is 0 Å². The summed E-state index contributed by atoms with van der Waals surface area (Å²) in [6.07, 6.45) is 0.338. The summed E-state index contributed by atoms with van der Waals surface area (Å²) in [7, 11) is 1.56. The highest BCUT2D eigenvalue weighted by Gasteiger charge is 2.30. The van der Waals surface area contributed by atoms with Crippen LogP contribution in [0, 0.1) is 0 Å². The van der Waals surface area contributed by atoms with Crippen molar-refractivity contribution in [2.75, 3.05) is 7.05 Å². The number of hydrogen-bond acceptors (Lipinski definition) is 2. The highest BCUT2D eigenvalue weighted by atomic mass is 35.5. The molecule has 0 aliphatic carbocycles. The molecule has 0 spiro atoms. The Morgan fingerprint density at radius 2 is 1.50 bits per heavy atom. The third-order valence-corrected chi connectivity index (χ3v) is 6.09. The molecule has 4 nitrogen and oxygen atoms in total. The first-order valence-electron chi connectivity index (χ1n) is 10.1. The number of nitrogens with zero attached hydrogens (tertiary/aromatic N) is 1. The zero-order valence-corrected chi connectivity index (χ0v) is 19.8. The number of rotatable bonds is 8. The Bertz CT molecular complexity index is 1070. The second-order valence-corrected chi connectivity index (χ2v) is 8.60. The first-order valence-corrected chi connectivity index (χ1v) is 11.2. The molecule has 0 saturated carbocycles. The van der Waals surface area contributed by atoms with Crippen LogP contribution in [0.3, 0.4) is 0 Å². The van der Waals surface area contributed by atoms with Crippen LogP contribution in [-0.2, 0) is 29.0 Å². The van der Waals surface area contributed by atoms with Crippen LogP contribution in [-0.4, -0.2) is 29.8 Å². The van der Waals surface area contributed by atoms with Crippen molar-refractivity contribution < 1.29 is 9.59 Å². The van der Waals surface area contributed by atoms with E-state index in [4.69, 9.17) is 34.8 Å². The summed E-state index contributed by atoms with van der Waals surface area (Å²) in [5, 5.41) is 4.07. The standard InChI is InChI=1S/C25H23Cl3N2O2/c1-29-25(32)23(14-17-7-3-2-4-8-17)30(16-18-9-5-10-19(26)13-18)24(31)15-20-21(27)11-6-12-22(20)28/h2-13,23H,14-16H2,1H3,(H,29,32)/t23-/m0/s1. The van der Waals surface area contributed by atoms with Gasteiger partial charge in [-0.2, -0.15) is 0 Å². The monoisotopic (exact) mass is 488 g/mol. The normalized spacial score (nSPS) is 11.6. The second kappa shape index (κ2) is 11.4. The first-order chi connectivity index (χ1) is 15.4. The highest BCUT2D eigenvalue weighted by molar-refractivity contribution is 6.36. The molecular weight excluding hydrogens is 467 g/mol. The molecule has 0 heterocycles. The van der Waals surface area contributed by atoms with E-state index in [0.717, 1.165) is 11.1 Å². The van der Waals surface area contributed by atoms with E-state index in [0.29, 0.717) is 27.1 Å². The molecule has 1 N–H and O–H groups in total. The predicted octanol–water partition coefficient (Wildman–Crippen LogP) is 5.58. The number of halogens is 3. The Hall–Kier alpha value is -2.53. The van der Waals surface area contributed by atoms with Gasteiger partial charge < -0.3 is 10.2 Å². The van der Waals surface area contributed by atoms with E-state index in [2.05, 4.69) is 5.32 Å². The van der Waals surface area contributed by atoms with E-state index in [1.54, 1.807) is 42.3 Å². The van der Waals surface area contributed by atoms with Crippen molar-refractivity contribution in [3.8, 4) is 0 Å². The molecule has 0 unspecified atom stereocenters. The number of benzene rings is 3. The van der Waals surface area contributed by atoms with Crippen LogP contribution in [0.4, 0.5) is 0 Å². The van der Waals surface area contributed by atoms with Gasteiger partial charge in [-0.15, -0.1) is 0 Å². The molecule has 0 aliphatic rings. The zero-order chi connectivity index (χ0) is 23.1. The molecule has 3 rings (SSSR count). The summed E-state index contributed by atoms with van der Waals surface area (Å²) in [6.45, 7) is 0.215. The van der Waals surface area contributed by atoms with Gasteiger partial charge in [0.15, 0.2) is 0 Å². The predicted molar refractivity (Wildman–Crippen MR) is 130 cm³/mol. The Morgan fingerprint density at radius 3 is 2.12 bits per heavy atom. The lowest BCUT2D eigenvalue weighted by molar-refractivity contribution is -0.140. The van der Waals surface area contributed by atoms with Crippen molar-refractivity contribution >= 4 is 46.6 Å². The van der Waals surface area contributed by atoms with Crippen molar-refractivity contribution in [1.29, 1.82) is 0 Å². The lowest BCUT2D eigenvalue weighted by Crippen LogP contribution is -2.50. The molecule has 0 fully saturated rings. The van der Waals surface area contributed by atoms with E-state index >= 15 is 0 Å². The molecular formula is C25H23Cl3N2O2. The van der Waals surface area contributed by atoms with Crippen molar-refractivity contribution in [2.24, 2.45) is 0 Å². The number of amides is 2. The number of likely N-dealkylation sites (N-methyl/N-ethyl adjacent to an activating group) is 1. The maximum Gasteiger partial charge on any atom is 0.242 e. The average molecular weight is 490 g/mol. The molecule has 0 bridgehead atoms. The first kappa shape index (κ1) is 24.1. The van der Waals surface area contributed by atoms with Gasteiger partial charge in [-0.1, -0.05) is 83.3 Å². The SMILES string of the molecule is CNC(=O)[C@H](Cc1ccccc1)N(Cc1cccc(Cl)c1)C(=O)Cc1c(Cl)cccc1Cl. The number of nitrogens with one attached hydrogen (secondary N) is 1. The van der Waals surface area contributed by atoms with Crippen LogP contribution >= 0.6 is 34.8 Å². The van der Waals surface area contributed by atoms with Crippen molar-refractivity contribution in [3.05, 3.63) is 105 Å². The van der Waals surface area contributed by atoms with Crippen LogP contribution < -0.4 is 5.32 Å². The number of hydrogen-bond donors (Lipinski definition) is 1. The fourth-order valence-corrected chi connectivity index (χ4v) is 4.25. The Kier molecular flexibility index (Phi) is 8.57. The Labute approximate surface area is 203 Å². The molecule has 0 saturated heterocycles. The molecule has 3 aromatic carbocycles. The maximum absolute atomic E-state index is 13.6. The minimum absolute atomic E-state index is 0.0264. The molecule has 1 atom stereocenters. The van der Waals surface area contributed by atoms with Gasteiger partial charge in [-0.3, -0.25) is 9.59 Å². The minimum Gasteiger partial charge on any atom is -0.357 e. The van der Waals surface area contributed by atoms with E-state index in [9.17, 15) is 9.59 Å². The topological polar surface area (TPSA) is 49.4 Å². The summed E-state index contributed by atoms with van der Waals surface area (Å²) < 4.78 is 0. The smallest absolute Gasteiger partial charge is 0.242 e. The lowest BCUT2D eigenvalue weighted by Gasteiger charge is -2.31. The second-order valence-electron chi connectivity index (χ2n) is 7.35. The maximum atomic E-state index is 13.6. The summed E-state index contributed by atoms with van der Waals surface area (Å²) in [6, 6.07) is 21.2. The fourth-order valence-electron chi connectivity index (χ4n) is 3.51. The summed E-state index contributed by atoms with van der Waals surface area (Å²) >= 11 is 18.8. The highest BCUT2D eigenvalue weighted by Crippen LogP contribution is 2.26. The van der Waals surface area contributed by atoms with Crippen molar-refractivity contribution in [1.82, 2.24) is 10.2 Å². The molecule has 0 aliphatic heterocycles. The van der Waals surface area contributed by atoms with Gasteiger partial charge in [0, 0.05) is 35.1 Å². The molecule has 0 radical (unpaired) electrons. The number of carbonyl (C=O) groups is 2. The van der Waals surface area contributed by atoms with Crippen LogP contribution in [0.5, 0.6) is 0 Å². The van der Waals surface area contributed by atoms with E-state index < -0.39 is 6.04 Å². The van der Waals surface area contributed by atoms with Crippen LogP contribution in [0.1, 0.15) is 16.7 Å². The molecule has 2 amide bonds. The van der Waals surface area contributed by atoms with Gasteiger partial charge >= 0.3 is 0 Å². The molecule has 32 heavy (non-hydrogen) atoms. The average Bonchev–Trinajstić information content (AvgIpc) is 2.79. The lowest BCUT2D eigenvalue weighted by atomic mass is 10.0. The van der Waals surface area contributed by atoms with Gasteiger partial charge in [0.05, 0.1) is 6.42 Å². The Morgan fingerprint density at radius 1 is 0.875 bits per heavy atom. The van der Waals surface area contributed by atoms with E-state index in [-0.39, 0.29) is 24.8 Å². The summed E-state index contributed by atoms with van der Waals surface area (Å²) in [4.78, 5) is 28.0. The zero-order valence-electron chi connectivity index (χ0n) is 17.5. The third-order valence-electron chi connectivity index (χ3n) is 5.15. The minimum atomic E-state index is -0.727. The summed E-state index contributed by atoms with van der Waals surface area (Å²) in [5.41, 5.74) is 2.30. The van der Waals surface area contributed by atoms with Crippen LogP contribution in [0.15, 0.2) is 72.8 Å². The van der Waals surface area contributed by atoms with Gasteiger partial charge in [0.2, 0.25) is 11.8 Å². The van der Waals surface area contributed by atoms with Crippen molar-refractivity contribution in [3.63, 3.8) is 0 Å². The molecule has 0 aromatic heterocycles. The Balaban J connectivity index is 1.98. The van der Waals surface area contributed by atoms with Crippen molar-refractivity contribution in [2.45, 2.75) is 25.4 Å².